The average molecular weight is 565 g/mol. The van der Waals surface area contributed by atoms with Crippen molar-refractivity contribution in [2.45, 2.75) is 0 Å². The monoisotopic (exact) mass is 564 g/mol. The van der Waals surface area contributed by atoms with E-state index in [9.17, 15) is 0 Å². The van der Waals surface area contributed by atoms with Crippen LogP contribution in [0.3, 0.4) is 0 Å². The lowest BCUT2D eigenvalue weighted by Crippen LogP contribution is -2.09. The lowest BCUT2D eigenvalue weighted by molar-refractivity contribution is 0.620. The minimum absolute atomic E-state index is 0.637. The molecule has 0 aliphatic rings. The molecule has 3 heteroatoms. The highest BCUT2D eigenvalue weighted by molar-refractivity contribution is 6.05. The SMILES string of the molecule is c1ccc(N(c2ccccc2)c2cccc(-c3ccc(-c4ccc(-c5nc6ccccc6o5)cc4)c4ccccc34)c2)cc1. The molecule has 1 aromatic heterocycles. The van der Waals surface area contributed by atoms with E-state index in [-0.39, 0.29) is 0 Å². The van der Waals surface area contributed by atoms with E-state index in [0.29, 0.717) is 5.89 Å². The zero-order valence-electron chi connectivity index (χ0n) is 24.0. The molecule has 0 radical (unpaired) electrons. The van der Waals surface area contributed by atoms with Gasteiger partial charge in [-0.25, -0.2) is 4.98 Å². The number of rotatable bonds is 6. The van der Waals surface area contributed by atoms with Crippen molar-refractivity contribution in [1.29, 1.82) is 0 Å². The Balaban J connectivity index is 1.19. The number of benzene rings is 7. The number of nitrogens with zero attached hydrogens (tertiary/aromatic N) is 2. The quantitative estimate of drug-likeness (QED) is 0.201. The van der Waals surface area contributed by atoms with Gasteiger partial charge in [0.2, 0.25) is 5.89 Å². The standard InChI is InChI=1S/C41H28N2O/c1-3-13-32(14-4-1)43(33-15-5-2-6-16-33)34-17-11-12-31(28-34)36-27-26-35(37-18-7-8-19-38(36)37)29-22-24-30(25-23-29)41-42-39-20-9-10-21-40(39)44-41/h1-28H. The maximum Gasteiger partial charge on any atom is 0.227 e. The molecule has 0 saturated heterocycles. The van der Waals surface area contributed by atoms with Gasteiger partial charge in [-0.3, -0.25) is 0 Å². The molecular weight excluding hydrogens is 536 g/mol. The van der Waals surface area contributed by atoms with Crippen molar-refractivity contribution in [3.05, 3.63) is 170 Å². The highest BCUT2D eigenvalue weighted by atomic mass is 16.3. The topological polar surface area (TPSA) is 29.3 Å². The molecule has 0 amide bonds. The number of fused-ring (bicyclic) bond motifs is 2. The van der Waals surface area contributed by atoms with Crippen molar-refractivity contribution in [2.24, 2.45) is 0 Å². The minimum atomic E-state index is 0.637. The van der Waals surface area contributed by atoms with Crippen LogP contribution in [0.15, 0.2) is 174 Å². The molecule has 0 atom stereocenters. The van der Waals surface area contributed by atoms with Crippen molar-refractivity contribution in [2.75, 3.05) is 4.90 Å². The van der Waals surface area contributed by atoms with E-state index in [4.69, 9.17) is 4.42 Å². The first-order chi connectivity index (χ1) is 21.8. The smallest absolute Gasteiger partial charge is 0.227 e. The molecule has 0 fully saturated rings. The van der Waals surface area contributed by atoms with Gasteiger partial charge in [0.25, 0.3) is 0 Å². The zero-order valence-corrected chi connectivity index (χ0v) is 24.0. The van der Waals surface area contributed by atoms with Gasteiger partial charge in [0.1, 0.15) is 5.52 Å². The van der Waals surface area contributed by atoms with Gasteiger partial charge in [-0.2, -0.15) is 0 Å². The second kappa shape index (κ2) is 11.0. The summed E-state index contributed by atoms with van der Waals surface area (Å²) in [4.78, 5) is 6.97. The molecule has 0 spiro atoms. The molecule has 208 valence electrons. The lowest BCUT2D eigenvalue weighted by Gasteiger charge is -2.26. The molecule has 0 unspecified atom stereocenters. The Kier molecular flexibility index (Phi) is 6.47. The Hall–Kier alpha value is -5.93. The van der Waals surface area contributed by atoms with Gasteiger partial charge in [0.15, 0.2) is 5.58 Å². The second-order valence-corrected chi connectivity index (χ2v) is 10.8. The number of anilines is 3. The van der Waals surface area contributed by atoms with Crippen molar-refractivity contribution in [1.82, 2.24) is 4.98 Å². The zero-order chi connectivity index (χ0) is 29.3. The van der Waals surface area contributed by atoms with Gasteiger partial charge in [-0.15, -0.1) is 0 Å². The number of para-hydroxylation sites is 4. The van der Waals surface area contributed by atoms with Gasteiger partial charge in [-0.05, 0) is 93.7 Å². The maximum atomic E-state index is 6.00. The van der Waals surface area contributed by atoms with Crippen molar-refractivity contribution in [3.8, 4) is 33.7 Å². The first-order valence-corrected chi connectivity index (χ1v) is 14.8. The van der Waals surface area contributed by atoms with E-state index in [1.54, 1.807) is 0 Å². The number of oxazole rings is 1. The summed E-state index contributed by atoms with van der Waals surface area (Å²) in [6.07, 6.45) is 0. The van der Waals surface area contributed by atoms with Gasteiger partial charge in [0.05, 0.1) is 0 Å². The van der Waals surface area contributed by atoms with E-state index >= 15 is 0 Å². The second-order valence-electron chi connectivity index (χ2n) is 10.8. The summed E-state index contributed by atoms with van der Waals surface area (Å²) in [5.41, 5.74) is 10.7. The maximum absolute atomic E-state index is 6.00. The Labute approximate surface area is 256 Å². The van der Waals surface area contributed by atoms with Crippen LogP contribution in [0, 0.1) is 0 Å². The van der Waals surface area contributed by atoms with E-state index in [2.05, 4.69) is 155 Å². The third kappa shape index (κ3) is 4.71. The summed E-state index contributed by atoms with van der Waals surface area (Å²) in [6.45, 7) is 0. The molecule has 0 saturated carbocycles. The number of aromatic nitrogens is 1. The molecule has 8 aromatic rings. The van der Waals surface area contributed by atoms with E-state index < -0.39 is 0 Å². The Morgan fingerprint density at radius 3 is 1.61 bits per heavy atom. The van der Waals surface area contributed by atoms with Gasteiger partial charge in [0, 0.05) is 22.6 Å². The van der Waals surface area contributed by atoms with Crippen LogP contribution in [-0.4, -0.2) is 4.98 Å². The molecule has 0 aliphatic heterocycles. The average Bonchev–Trinajstić information content (AvgIpc) is 3.54. The van der Waals surface area contributed by atoms with Crippen molar-refractivity contribution >= 4 is 38.9 Å². The molecule has 3 nitrogen and oxygen atoms in total. The van der Waals surface area contributed by atoms with Crippen LogP contribution in [0.5, 0.6) is 0 Å². The number of hydrogen-bond donors (Lipinski definition) is 0. The molecule has 0 N–H and O–H groups in total. The van der Waals surface area contributed by atoms with E-state index in [1.165, 1.54) is 27.5 Å². The molecule has 0 bridgehead atoms. The molecule has 0 aliphatic carbocycles. The fourth-order valence-corrected chi connectivity index (χ4v) is 6.00. The third-order valence-corrected chi connectivity index (χ3v) is 8.10. The summed E-state index contributed by atoms with van der Waals surface area (Å²) in [7, 11) is 0. The molecular formula is C41H28N2O. The third-order valence-electron chi connectivity index (χ3n) is 8.10. The van der Waals surface area contributed by atoms with Crippen LogP contribution in [0.4, 0.5) is 17.1 Å². The van der Waals surface area contributed by atoms with Crippen molar-refractivity contribution < 1.29 is 4.42 Å². The Morgan fingerprint density at radius 2 is 0.955 bits per heavy atom. The van der Waals surface area contributed by atoms with Crippen LogP contribution in [-0.2, 0) is 0 Å². The predicted octanol–water partition coefficient (Wildman–Crippen LogP) is 11.5. The summed E-state index contributed by atoms with van der Waals surface area (Å²) in [6, 6.07) is 59.4. The Morgan fingerprint density at radius 1 is 0.409 bits per heavy atom. The highest BCUT2D eigenvalue weighted by Gasteiger charge is 2.15. The van der Waals surface area contributed by atoms with Gasteiger partial charge >= 0.3 is 0 Å². The normalized spacial score (nSPS) is 11.2. The molecule has 44 heavy (non-hydrogen) atoms. The van der Waals surface area contributed by atoms with Crippen LogP contribution >= 0.6 is 0 Å². The van der Waals surface area contributed by atoms with Crippen LogP contribution in [0.25, 0.3) is 55.6 Å². The molecule has 7 aromatic carbocycles. The first kappa shape index (κ1) is 25.8. The minimum Gasteiger partial charge on any atom is -0.436 e. The van der Waals surface area contributed by atoms with Crippen LogP contribution in [0.1, 0.15) is 0 Å². The van der Waals surface area contributed by atoms with Crippen LogP contribution in [0.2, 0.25) is 0 Å². The lowest BCUT2D eigenvalue weighted by atomic mass is 9.91. The molecule has 8 rings (SSSR count). The largest absolute Gasteiger partial charge is 0.436 e. The fourth-order valence-electron chi connectivity index (χ4n) is 6.00. The predicted molar refractivity (Wildman–Crippen MR) is 183 cm³/mol. The van der Waals surface area contributed by atoms with Gasteiger partial charge in [-0.1, -0.05) is 109 Å². The van der Waals surface area contributed by atoms with E-state index in [0.717, 1.165) is 39.3 Å². The number of hydrogen-bond acceptors (Lipinski definition) is 3. The van der Waals surface area contributed by atoms with Crippen LogP contribution < -0.4 is 4.90 Å². The summed E-state index contributed by atoms with van der Waals surface area (Å²) < 4.78 is 6.00. The summed E-state index contributed by atoms with van der Waals surface area (Å²) in [5.74, 6) is 0.637. The van der Waals surface area contributed by atoms with Crippen molar-refractivity contribution in [3.63, 3.8) is 0 Å². The summed E-state index contributed by atoms with van der Waals surface area (Å²) >= 11 is 0. The van der Waals surface area contributed by atoms with Gasteiger partial charge < -0.3 is 9.32 Å². The highest BCUT2D eigenvalue weighted by Crippen LogP contribution is 2.40. The fraction of sp³-hybridized carbons (Fsp3) is 0. The summed E-state index contributed by atoms with van der Waals surface area (Å²) in [5, 5.41) is 2.43. The van der Waals surface area contributed by atoms with E-state index in [1.807, 2.05) is 24.3 Å². The first-order valence-electron chi connectivity index (χ1n) is 14.8. The molecule has 1 heterocycles. The Bertz CT molecular complexity index is 2150.